The predicted molar refractivity (Wildman–Crippen MR) is 74.7 cm³/mol. The van der Waals surface area contributed by atoms with Crippen LogP contribution in [0.25, 0.3) is 10.7 Å². The van der Waals surface area contributed by atoms with Gasteiger partial charge in [0.05, 0.1) is 0 Å². The molecule has 0 aromatic carbocycles. The Morgan fingerprint density at radius 3 is 3.00 bits per heavy atom. The van der Waals surface area contributed by atoms with E-state index in [1.165, 1.54) is 13.0 Å². The van der Waals surface area contributed by atoms with Crippen LogP contribution in [0.5, 0.6) is 0 Å². The average molecular weight is 453 g/mol. The minimum atomic E-state index is 0. The maximum atomic E-state index is 4.52. The molecule has 1 saturated heterocycles. The van der Waals surface area contributed by atoms with E-state index in [1.807, 2.05) is 12.3 Å². The number of hydrogen-bond acceptors (Lipinski definition) is 3. The van der Waals surface area contributed by atoms with Crippen LogP contribution in [-0.4, -0.2) is 34.6 Å². The maximum Gasteiger partial charge on any atom is 0.0478 e. The summed E-state index contributed by atoms with van der Waals surface area (Å²) in [5.41, 5.74) is 0. The van der Waals surface area contributed by atoms with Crippen molar-refractivity contribution in [2.45, 2.75) is 19.4 Å². The molecule has 3 heterocycles. The van der Waals surface area contributed by atoms with Crippen LogP contribution in [0.2, 0.25) is 0 Å². The standard InChI is InChI=1S/C14H18N3S.Ir/c1-11-10-16(2)7-5-12(11)17-8-6-15-14(17)13-4-3-9-18-13;/h3,6,8-9,11-12H,5,7,10H2,1-2H3;/q-1;. The summed E-state index contributed by atoms with van der Waals surface area (Å²) in [7, 11) is 2.20. The molecule has 19 heavy (non-hydrogen) atoms. The van der Waals surface area contributed by atoms with E-state index in [0.717, 1.165) is 17.2 Å². The molecule has 5 heteroatoms. The summed E-state index contributed by atoms with van der Waals surface area (Å²) in [6, 6.07) is 5.80. The largest absolute Gasteiger partial charge is 0.379 e. The summed E-state index contributed by atoms with van der Waals surface area (Å²) in [6.07, 6.45) is 5.23. The van der Waals surface area contributed by atoms with Gasteiger partial charge in [-0.25, -0.2) is 11.3 Å². The summed E-state index contributed by atoms with van der Waals surface area (Å²) in [5, 5.41) is 2.06. The summed E-state index contributed by atoms with van der Waals surface area (Å²) < 4.78 is 2.35. The second kappa shape index (κ2) is 6.31. The van der Waals surface area contributed by atoms with Gasteiger partial charge >= 0.3 is 0 Å². The Bertz CT molecular complexity index is 509. The van der Waals surface area contributed by atoms with Gasteiger partial charge in [0.15, 0.2) is 0 Å². The molecular formula is C14H18IrN3S-. The molecule has 0 N–H and O–H groups in total. The van der Waals surface area contributed by atoms with E-state index in [9.17, 15) is 0 Å². The van der Waals surface area contributed by atoms with Gasteiger partial charge in [-0.15, -0.1) is 5.38 Å². The molecule has 1 aliphatic rings. The smallest absolute Gasteiger partial charge is 0.0478 e. The summed E-state index contributed by atoms with van der Waals surface area (Å²) in [4.78, 5) is 8.07. The molecule has 0 spiro atoms. The molecule has 2 aromatic rings. The van der Waals surface area contributed by atoms with Gasteiger partial charge in [0.1, 0.15) is 0 Å². The number of piperidine rings is 1. The monoisotopic (exact) mass is 453 g/mol. The van der Waals surface area contributed by atoms with Crippen LogP contribution in [0, 0.1) is 12.0 Å². The number of aromatic nitrogens is 2. The summed E-state index contributed by atoms with van der Waals surface area (Å²) in [5.74, 6) is 1.74. The fourth-order valence-corrected chi connectivity index (χ4v) is 3.55. The van der Waals surface area contributed by atoms with Gasteiger partial charge in [0, 0.05) is 50.9 Å². The summed E-state index contributed by atoms with van der Waals surface area (Å²) in [6.45, 7) is 4.67. The molecule has 1 radical (unpaired) electrons. The molecule has 1 aliphatic heterocycles. The molecule has 0 aliphatic carbocycles. The average Bonchev–Trinajstić information content (AvgIpc) is 2.98. The van der Waals surface area contributed by atoms with Crippen molar-refractivity contribution in [3.63, 3.8) is 0 Å². The normalized spacial score (nSPS) is 24.1. The van der Waals surface area contributed by atoms with Crippen LogP contribution in [0.1, 0.15) is 19.4 Å². The first-order valence-corrected chi connectivity index (χ1v) is 7.30. The van der Waals surface area contributed by atoms with Gasteiger partial charge in [-0.3, -0.25) is 4.98 Å². The SMILES string of the molecule is CC1CN(C)CCC1n1ccnc1-c1[c-]ccs1.[Ir]. The van der Waals surface area contributed by atoms with E-state index in [0.29, 0.717) is 12.0 Å². The number of hydrogen-bond donors (Lipinski definition) is 0. The van der Waals surface area contributed by atoms with E-state index in [1.54, 1.807) is 11.3 Å². The zero-order chi connectivity index (χ0) is 12.5. The minimum Gasteiger partial charge on any atom is -0.379 e. The fraction of sp³-hybridized carbons (Fsp3) is 0.500. The summed E-state index contributed by atoms with van der Waals surface area (Å²) >= 11 is 1.71. The molecule has 3 rings (SSSR count). The van der Waals surface area contributed by atoms with Crippen LogP contribution in [0.15, 0.2) is 23.8 Å². The molecule has 2 aromatic heterocycles. The van der Waals surface area contributed by atoms with Crippen molar-refractivity contribution in [3.8, 4) is 10.7 Å². The Hall–Kier alpha value is -0.481. The second-order valence-electron chi connectivity index (χ2n) is 5.15. The maximum absolute atomic E-state index is 4.52. The van der Waals surface area contributed by atoms with Crippen LogP contribution >= 0.6 is 11.3 Å². The number of imidazole rings is 1. The van der Waals surface area contributed by atoms with Crippen LogP contribution in [0.3, 0.4) is 0 Å². The predicted octanol–water partition coefficient (Wildman–Crippen LogP) is 2.92. The quantitative estimate of drug-likeness (QED) is 0.654. The van der Waals surface area contributed by atoms with Crippen molar-refractivity contribution >= 4 is 11.3 Å². The van der Waals surface area contributed by atoms with E-state index < -0.39 is 0 Å². The molecule has 3 nitrogen and oxygen atoms in total. The van der Waals surface area contributed by atoms with Gasteiger partial charge in [-0.1, -0.05) is 11.8 Å². The Morgan fingerprint density at radius 1 is 1.47 bits per heavy atom. The third-order valence-corrected chi connectivity index (χ3v) is 4.57. The van der Waals surface area contributed by atoms with Gasteiger partial charge in [0.2, 0.25) is 0 Å². The van der Waals surface area contributed by atoms with Crippen molar-refractivity contribution in [3.05, 3.63) is 29.9 Å². The van der Waals surface area contributed by atoms with E-state index in [-0.39, 0.29) is 20.1 Å². The van der Waals surface area contributed by atoms with Crippen molar-refractivity contribution < 1.29 is 20.1 Å². The molecular weight excluding hydrogens is 434 g/mol. The first-order chi connectivity index (χ1) is 8.75. The van der Waals surface area contributed by atoms with Crippen molar-refractivity contribution in [2.24, 2.45) is 5.92 Å². The topological polar surface area (TPSA) is 21.1 Å². The molecule has 2 unspecified atom stereocenters. The van der Waals surface area contributed by atoms with E-state index in [4.69, 9.17) is 0 Å². The minimum absolute atomic E-state index is 0. The number of thiophene rings is 1. The van der Waals surface area contributed by atoms with E-state index in [2.05, 4.69) is 46.1 Å². The first kappa shape index (κ1) is 14.9. The van der Waals surface area contributed by atoms with Gasteiger partial charge in [-0.05, 0) is 25.9 Å². The molecule has 2 atom stereocenters. The molecule has 0 amide bonds. The van der Waals surface area contributed by atoms with Gasteiger partial charge < -0.3 is 9.47 Å². The van der Waals surface area contributed by atoms with Crippen LogP contribution in [-0.2, 0) is 20.1 Å². The molecule has 1 fully saturated rings. The third kappa shape index (κ3) is 3.00. The Kier molecular flexibility index (Phi) is 4.96. The zero-order valence-electron chi connectivity index (χ0n) is 11.2. The fourth-order valence-electron chi connectivity index (χ4n) is 2.87. The van der Waals surface area contributed by atoms with Crippen molar-refractivity contribution in [1.82, 2.24) is 14.5 Å². The first-order valence-electron chi connectivity index (χ1n) is 6.42. The Labute approximate surface area is 132 Å². The number of likely N-dealkylation sites (tertiary alicyclic amines) is 1. The van der Waals surface area contributed by atoms with E-state index >= 15 is 0 Å². The van der Waals surface area contributed by atoms with Crippen LogP contribution in [0.4, 0.5) is 0 Å². The number of rotatable bonds is 2. The molecule has 0 bridgehead atoms. The Morgan fingerprint density at radius 2 is 2.32 bits per heavy atom. The third-order valence-electron chi connectivity index (χ3n) is 3.76. The van der Waals surface area contributed by atoms with Crippen molar-refractivity contribution in [1.29, 1.82) is 0 Å². The molecule has 0 saturated carbocycles. The van der Waals surface area contributed by atoms with Crippen molar-refractivity contribution in [2.75, 3.05) is 20.1 Å². The van der Waals surface area contributed by atoms with Gasteiger partial charge in [0.25, 0.3) is 0 Å². The zero-order valence-corrected chi connectivity index (χ0v) is 14.4. The Balaban J connectivity index is 0.00000133. The number of nitrogens with zero attached hydrogens (tertiary/aromatic N) is 3. The molecule has 105 valence electrons. The van der Waals surface area contributed by atoms with Crippen LogP contribution < -0.4 is 0 Å². The van der Waals surface area contributed by atoms with Gasteiger partial charge in [-0.2, -0.15) is 12.1 Å². The second-order valence-corrected chi connectivity index (χ2v) is 6.06.